The third-order valence-electron chi connectivity index (χ3n) is 4.75. The van der Waals surface area contributed by atoms with Crippen molar-refractivity contribution >= 4 is 44.6 Å². The summed E-state index contributed by atoms with van der Waals surface area (Å²) in [5.74, 6) is 0.247. The SMILES string of the molecule is COc1ccc(NC(=O)c2sc3nc(C)c(C(=O)c4ccccc4)cc3c2N)cc1. The Morgan fingerprint density at radius 3 is 2.43 bits per heavy atom. The number of ether oxygens (including phenoxy) is 1. The highest BCUT2D eigenvalue weighted by atomic mass is 32.1. The molecular formula is C23H19N3O3S. The van der Waals surface area contributed by atoms with Crippen LogP contribution >= 0.6 is 11.3 Å². The van der Waals surface area contributed by atoms with Gasteiger partial charge in [-0.05, 0) is 37.3 Å². The van der Waals surface area contributed by atoms with Gasteiger partial charge in [0, 0.05) is 22.2 Å². The molecule has 0 bridgehead atoms. The van der Waals surface area contributed by atoms with Crippen LogP contribution in [0.1, 0.15) is 31.3 Å². The van der Waals surface area contributed by atoms with Gasteiger partial charge in [0.15, 0.2) is 5.78 Å². The van der Waals surface area contributed by atoms with Crippen LogP contribution in [0.25, 0.3) is 10.2 Å². The Morgan fingerprint density at radius 2 is 1.77 bits per heavy atom. The number of anilines is 2. The van der Waals surface area contributed by atoms with Crippen LogP contribution in [-0.4, -0.2) is 23.8 Å². The molecule has 0 radical (unpaired) electrons. The summed E-state index contributed by atoms with van der Waals surface area (Å²) >= 11 is 1.21. The zero-order valence-corrected chi connectivity index (χ0v) is 17.2. The van der Waals surface area contributed by atoms with E-state index >= 15 is 0 Å². The number of amides is 1. The van der Waals surface area contributed by atoms with Crippen molar-refractivity contribution in [3.8, 4) is 5.75 Å². The summed E-state index contributed by atoms with van der Waals surface area (Å²) in [6.45, 7) is 1.78. The normalized spacial score (nSPS) is 10.7. The van der Waals surface area contributed by atoms with Crippen molar-refractivity contribution < 1.29 is 14.3 Å². The quantitative estimate of drug-likeness (QED) is 0.460. The summed E-state index contributed by atoms with van der Waals surface area (Å²) < 4.78 is 5.12. The fourth-order valence-electron chi connectivity index (χ4n) is 3.13. The lowest BCUT2D eigenvalue weighted by molar-refractivity contribution is 0.102. The number of carbonyl (C=O) groups excluding carboxylic acids is 2. The number of hydrogen-bond donors (Lipinski definition) is 2. The molecule has 0 aliphatic heterocycles. The maximum atomic E-state index is 12.9. The molecule has 0 atom stereocenters. The largest absolute Gasteiger partial charge is 0.497 e. The molecule has 150 valence electrons. The van der Waals surface area contributed by atoms with Gasteiger partial charge in [-0.3, -0.25) is 9.59 Å². The number of carbonyl (C=O) groups is 2. The number of fused-ring (bicyclic) bond motifs is 1. The standard InChI is InChI=1S/C23H19N3O3S/c1-13-17(20(27)14-6-4-3-5-7-14)12-18-19(24)21(30-23(18)25-13)22(28)26-15-8-10-16(29-2)11-9-15/h3-12H,24H2,1-2H3,(H,26,28). The Kier molecular flexibility index (Phi) is 5.20. The van der Waals surface area contributed by atoms with E-state index in [1.165, 1.54) is 11.3 Å². The molecule has 4 aromatic rings. The Bertz CT molecular complexity index is 1250. The van der Waals surface area contributed by atoms with E-state index in [4.69, 9.17) is 10.5 Å². The number of ketones is 1. The lowest BCUT2D eigenvalue weighted by Gasteiger charge is -2.06. The first-order chi connectivity index (χ1) is 14.5. The molecule has 0 aliphatic rings. The van der Waals surface area contributed by atoms with E-state index in [0.717, 1.165) is 0 Å². The van der Waals surface area contributed by atoms with Crippen molar-refractivity contribution in [3.05, 3.63) is 82.4 Å². The smallest absolute Gasteiger partial charge is 0.267 e. The predicted octanol–water partition coefficient (Wildman–Crippen LogP) is 4.68. The van der Waals surface area contributed by atoms with Crippen LogP contribution in [0.4, 0.5) is 11.4 Å². The summed E-state index contributed by atoms with van der Waals surface area (Å²) in [6.07, 6.45) is 0. The van der Waals surface area contributed by atoms with Crippen LogP contribution in [0.5, 0.6) is 5.75 Å². The number of nitrogens with zero attached hydrogens (tertiary/aromatic N) is 1. The molecule has 4 rings (SSSR count). The van der Waals surface area contributed by atoms with Crippen LogP contribution < -0.4 is 15.8 Å². The number of nitrogens with one attached hydrogen (secondary N) is 1. The lowest BCUT2D eigenvalue weighted by atomic mass is 10.0. The van der Waals surface area contributed by atoms with Crippen LogP contribution in [0.3, 0.4) is 0 Å². The van der Waals surface area contributed by atoms with Gasteiger partial charge in [-0.2, -0.15) is 0 Å². The molecule has 6 nitrogen and oxygen atoms in total. The summed E-state index contributed by atoms with van der Waals surface area (Å²) in [4.78, 5) is 31.2. The molecule has 2 aromatic carbocycles. The summed E-state index contributed by atoms with van der Waals surface area (Å²) in [5.41, 5.74) is 8.86. The van der Waals surface area contributed by atoms with E-state index in [-0.39, 0.29) is 11.7 Å². The van der Waals surface area contributed by atoms with Crippen molar-refractivity contribution in [1.82, 2.24) is 4.98 Å². The molecule has 0 fully saturated rings. The van der Waals surface area contributed by atoms with Gasteiger partial charge in [-0.25, -0.2) is 4.98 Å². The molecule has 2 heterocycles. The number of rotatable bonds is 5. The third kappa shape index (κ3) is 3.62. The van der Waals surface area contributed by atoms with E-state index in [1.54, 1.807) is 56.5 Å². The number of aryl methyl sites for hydroxylation is 1. The highest BCUT2D eigenvalue weighted by molar-refractivity contribution is 7.21. The summed E-state index contributed by atoms with van der Waals surface area (Å²) in [6, 6.07) is 17.8. The molecule has 0 saturated carbocycles. The molecule has 1 amide bonds. The number of nitrogen functional groups attached to an aromatic ring is 1. The van der Waals surface area contributed by atoms with E-state index in [0.29, 0.717) is 49.0 Å². The minimum atomic E-state index is -0.325. The van der Waals surface area contributed by atoms with E-state index in [2.05, 4.69) is 10.3 Å². The highest BCUT2D eigenvalue weighted by Gasteiger charge is 2.21. The van der Waals surface area contributed by atoms with Gasteiger partial charge >= 0.3 is 0 Å². The second kappa shape index (κ2) is 7.96. The highest BCUT2D eigenvalue weighted by Crippen LogP contribution is 2.34. The molecule has 0 aliphatic carbocycles. The van der Waals surface area contributed by atoms with Gasteiger partial charge in [0.25, 0.3) is 5.91 Å². The van der Waals surface area contributed by atoms with Crippen molar-refractivity contribution in [3.63, 3.8) is 0 Å². The van der Waals surface area contributed by atoms with Gasteiger partial charge < -0.3 is 15.8 Å². The fourth-order valence-corrected chi connectivity index (χ4v) is 4.15. The molecule has 30 heavy (non-hydrogen) atoms. The van der Waals surface area contributed by atoms with Gasteiger partial charge in [0.05, 0.1) is 18.5 Å². The molecule has 2 aromatic heterocycles. The molecule has 0 saturated heterocycles. The first kappa shape index (κ1) is 19.6. The number of pyridine rings is 1. The number of benzene rings is 2. The predicted molar refractivity (Wildman–Crippen MR) is 120 cm³/mol. The summed E-state index contributed by atoms with van der Waals surface area (Å²) in [7, 11) is 1.58. The molecular weight excluding hydrogens is 398 g/mol. The average molecular weight is 417 g/mol. The van der Waals surface area contributed by atoms with E-state index in [1.807, 2.05) is 18.2 Å². The van der Waals surface area contributed by atoms with Crippen molar-refractivity contribution in [2.75, 3.05) is 18.2 Å². The topological polar surface area (TPSA) is 94.3 Å². The monoisotopic (exact) mass is 417 g/mol. The second-order valence-corrected chi connectivity index (χ2v) is 7.70. The molecule has 0 spiro atoms. The third-order valence-corrected chi connectivity index (χ3v) is 5.86. The first-order valence-corrected chi connectivity index (χ1v) is 10.0. The Balaban J connectivity index is 1.68. The van der Waals surface area contributed by atoms with Gasteiger partial charge in [0.2, 0.25) is 0 Å². The fraction of sp³-hybridized carbons (Fsp3) is 0.0870. The Hall–Kier alpha value is -3.71. The lowest BCUT2D eigenvalue weighted by Crippen LogP contribution is -2.11. The van der Waals surface area contributed by atoms with Crippen molar-refractivity contribution in [1.29, 1.82) is 0 Å². The van der Waals surface area contributed by atoms with Gasteiger partial charge in [0.1, 0.15) is 15.5 Å². The number of nitrogens with two attached hydrogens (primary N) is 1. The zero-order valence-electron chi connectivity index (χ0n) is 16.4. The molecule has 7 heteroatoms. The Morgan fingerprint density at radius 1 is 1.07 bits per heavy atom. The van der Waals surface area contributed by atoms with Crippen LogP contribution in [-0.2, 0) is 0 Å². The van der Waals surface area contributed by atoms with E-state index in [9.17, 15) is 9.59 Å². The maximum absolute atomic E-state index is 12.9. The molecule has 0 unspecified atom stereocenters. The van der Waals surface area contributed by atoms with E-state index < -0.39 is 0 Å². The maximum Gasteiger partial charge on any atom is 0.267 e. The van der Waals surface area contributed by atoms with Crippen LogP contribution in [0.2, 0.25) is 0 Å². The summed E-state index contributed by atoms with van der Waals surface area (Å²) in [5, 5.41) is 3.43. The number of hydrogen-bond acceptors (Lipinski definition) is 6. The van der Waals surface area contributed by atoms with Crippen molar-refractivity contribution in [2.45, 2.75) is 6.92 Å². The first-order valence-electron chi connectivity index (χ1n) is 9.22. The Labute approximate surface area is 177 Å². The van der Waals surface area contributed by atoms with Crippen molar-refractivity contribution in [2.24, 2.45) is 0 Å². The minimum absolute atomic E-state index is 0.127. The minimum Gasteiger partial charge on any atom is -0.497 e. The van der Waals surface area contributed by atoms with Crippen LogP contribution in [0.15, 0.2) is 60.7 Å². The zero-order chi connectivity index (χ0) is 21.3. The number of methoxy groups -OCH3 is 1. The number of aromatic nitrogens is 1. The van der Waals surface area contributed by atoms with Crippen LogP contribution in [0, 0.1) is 6.92 Å². The number of thiophene rings is 1. The van der Waals surface area contributed by atoms with Gasteiger partial charge in [-0.15, -0.1) is 11.3 Å². The molecule has 3 N–H and O–H groups in total. The second-order valence-electron chi connectivity index (χ2n) is 6.70. The average Bonchev–Trinajstić information content (AvgIpc) is 3.09. The van der Waals surface area contributed by atoms with Gasteiger partial charge in [-0.1, -0.05) is 30.3 Å².